The van der Waals surface area contributed by atoms with Crippen LogP contribution in [0, 0.1) is 13.8 Å². The number of halogens is 1. The number of anilines is 1. The van der Waals surface area contributed by atoms with Crippen LogP contribution in [0.25, 0.3) is 22.0 Å². The summed E-state index contributed by atoms with van der Waals surface area (Å²) in [5, 5.41) is 11.8. The fourth-order valence-corrected chi connectivity index (χ4v) is 6.99. The van der Waals surface area contributed by atoms with Gasteiger partial charge in [0.05, 0.1) is 29.1 Å². The summed E-state index contributed by atoms with van der Waals surface area (Å²) < 4.78 is 37.1. The number of sulfonamides is 1. The van der Waals surface area contributed by atoms with E-state index in [4.69, 9.17) is 16.3 Å². The minimum absolute atomic E-state index is 0.0459. The molecule has 1 aromatic heterocycles. The molecule has 1 aliphatic heterocycles. The molecule has 38 heavy (non-hydrogen) atoms. The summed E-state index contributed by atoms with van der Waals surface area (Å²) in [6, 6.07) is 9.27. The minimum Gasteiger partial charge on any atom is -0.479 e. The van der Waals surface area contributed by atoms with E-state index in [0.717, 1.165) is 22.2 Å². The van der Waals surface area contributed by atoms with Gasteiger partial charge in [-0.15, -0.1) is 0 Å². The van der Waals surface area contributed by atoms with E-state index >= 15 is 0 Å². The second-order valence-corrected chi connectivity index (χ2v) is 13.6. The number of ether oxygens (including phenoxy) is 1. The van der Waals surface area contributed by atoms with Crippen LogP contribution in [0.15, 0.2) is 30.3 Å². The number of hydrogen-bond donors (Lipinski definition) is 1. The number of aliphatic carboxylic acids is 1. The van der Waals surface area contributed by atoms with Crippen molar-refractivity contribution in [3.05, 3.63) is 52.2 Å². The summed E-state index contributed by atoms with van der Waals surface area (Å²) in [6.45, 7) is 10.4. The van der Waals surface area contributed by atoms with Gasteiger partial charge in [0, 0.05) is 34.8 Å². The maximum Gasteiger partial charge on any atom is 0.337 e. The number of carbonyl (C=O) groups is 1. The van der Waals surface area contributed by atoms with Crippen molar-refractivity contribution < 1.29 is 23.1 Å². The lowest BCUT2D eigenvalue weighted by atomic mass is 9.87. The third kappa shape index (κ3) is 5.30. The molecule has 3 aromatic rings. The molecule has 0 saturated heterocycles. The van der Waals surface area contributed by atoms with E-state index in [-0.39, 0.29) is 12.3 Å². The molecule has 1 N–H and O–H groups in total. The Bertz CT molecular complexity index is 1490. The van der Waals surface area contributed by atoms with Gasteiger partial charge in [0.25, 0.3) is 0 Å². The zero-order valence-electron chi connectivity index (χ0n) is 23.0. The van der Waals surface area contributed by atoms with Crippen molar-refractivity contribution >= 4 is 44.2 Å². The highest BCUT2D eigenvalue weighted by Gasteiger charge is 2.38. The Morgan fingerprint density at radius 2 is 1.79 bits per heavy atom. The van der Waals surface area contributed by atoms with E-state index < -0.39 is 27.7 Å². The molecule has 0 radical (unpaired) electrons. The van der Waals surface area contributed by atoms with Crippen molar-refractivity contribution in [3.63, 3.8) is 0 Å². The lowest BCUT2D eigenvalue weighted by Gasteiger charge is -2.35. The molecule has 8 nitrogen and oxygen atoms in total. The minimum atomic E-state index is -3.69. The topological polar surface area (TPSA) is 92.1 Å². The van der Waals surface area contributed by atoms with Gasteiger partial charge in [-0.25, -0.2) is 13.2 Å². The van der Waals surface area contributed by atoms with Gasteiger partial charge in [-0.3, -0.25) is 4.31 Å². The maximum atomic E-state index is 13.7. The summed E-state index contributed by atoms with van der Waals surface area (Å²) in [4.78, 5) is 14.6. The number of aryl methyl sites for hydroxylation is 1. The standard InChI is InChI=1S/C28H36ClN3O5S/c1-17-16-21-23(19-8-10-20(29)11-9-19)22(26(27(33)34)37-28(3,4)5)18(2)24-25(21)31(17)12-13-32(24)38(35,36)15-14-30(6)7/h8-11,16,26H,12-15H2,1-7H3,(H,33,34)/t26-/m0/s1. The Morgan fingerprint density at radius 3 is 2.34 bits per heavy atom. The largest absolute Gasteiger partial charge is 0.479 e. The van der Waals surface area contributed by atoms with E-state index in [1.165, 1.54) is 4.31 Å². The van der Waals surface area contributed by atoms with Gasteiger partial charge in [-0.05, 0) is 83.6 Å². The Kier molecular flexibility index (Phi) is 7.62. The molecule has 0 amide bonds. The van der Waals surface area contributed by atoms with Gasteiger partial charge in [0.15, 0.2) is 6.10 Å². The van der Waals surface area contributed by atoms with Crippen molar-refractivity contribution in [2.24, 2.45) is 0 Å². The summed E-state index contributed by atoms with van der Waals surface area (Å²) in [5.41, 5.74) is 4.04. The molecule has 206 valence electrons. The average molecular weight is 562 g/mol. The van der Waals surface area contributed by atoms with Crippen LogP contribution in [0.2, 0.25) is 5.02 Å². The number of nitrogens with zero attached hydrogens (tertiary/aromatic N) is 3. The van der Waals surface area contributed by atoms with Crippen LogP contribution in [-0.4, -0.2) is 67.5 Å². The van der Waals surface area contributed by atoms with Gasteiger partial charge in [0.2, 0.25) is 10.0 Å². The first-order valence-corrected chi connectivity index (χ1v) is 14.6. The van der Waals surface area contributed by atoms with Gasteiger partial charge in [-0.1, -0.05) is 23.7 Å². The third-order valence-corrected chi connectivity index (χ3v) is 8.81. The number of benzene rings is 2. The number of rotatable bonds is 8. The molecule has 1 aliphatic rings. The summed E-state index contributed by atoms with van der Waals surface area (Å²) in [6.07, 6.45) is -1.32. The van der Waals surface area contributed by atoms with Crippen LogP contribution in [0.3, 0.4) is 0 Å². The fourth-order valence-electron chi connectivity index (χ4n) is 5.18. The highest BCUT2D eigenvalue weighted by molar-refractivity contribution is 7.92. The average Bonchev–Trinajstić information content (AvgIpc) is 3.15. The molecule has 2 aromatic carbocycles. The van der Waals surface area contributed by atoms with Crippen molar-refractivity contribution in [2.75, 3.05) is 37.2 Å². The summed E-state index contributed by atoms with van der Waals surface area (Å²) >= 11 is 6.20. The SMILES string of the molecule is Cc1c([C@H](OC(C)(C)C)C(=O)O)c(-c2ccc(Cl)cc2)c2cc(C)n3c2c1N(S(=O)(=O)CCN(C)C)CC3. The van der Waals surface area contributed by atoms with E-state index in [2.05, 4.69) is 4.57 Å². The second-order valence-electron chi connectivity index (χ2n) is 11.1. The normalized spacial score (nSPS) is 14.9. The number of carboxylic acids is 1. The zero-order chi connectivity index (χ0) is 28.2. The van der Waals surface area contributed by atoms with E-state index in [1.807, 2.05) is 44.1 Å². The number of carboxylic acid groups (broad SMARTS) is 1. The van der Waals surface area contributed by atoms with Crippen molar-refractivity contribution in [2.45, 2.75) is 52.9 Å². The second kappa shape index (κ2) is 10.2. The first-order chi connectivity index (χ1) is 17.6. The Morgan fingerprint density at radius 1 is 1.16 bits per heavy atom. The van der Waals surface area contributed by atoms with Crippen LogP contribution in [0.4, 0.5) is 5.69 Å². The molecule has 0 saturated carbocycles. The highest BCUT2D eigenvalue weighted by Crippen LogP contribution is 2.48. The third-order valence-electron chi connectivity index (χ3n) is 6.83. The fraction of sp³-hybridized carbons (Fsp3) is 0.464. The van der Waals surface area contributed by atoms with Crippen LogP contribution in [0.1, 0.15) is 43.7 Å². The van der Waals surface area contributed by atoms with Crippen LogP contribution < -0.4 is 4.31 Å². The van der Waals surface area contributed by atoms with E-state index in [9.17, 15) is 18.3 Å². The first kappa shape index (κ1) is 28.4. The molecule has 4 rings (SSSR count). The Balaban J connectivity index is 2.12. The van der Waals surface area contributed by atoms with Crippen LogP contribution >= 0.6 is 11.6 Å². The van der Waals surface area contributed by atoms with E-state index in [0.29, 0.717) is 40.5 Å². The molecular weight excluding hydrogens is 526 g/mol. The van der Waals surface area contributed by atoms with Crippen LogP contribution in [0.5, 0.6) is 0 Å². The van der Waals surface area contributed by atoms with E-state index in [1.54, 1.807) is 39.8 Å². The first-order valence-electron chi connectivity index (χ1n) is 12.6. The van der Waals surface area contributed by atoms with Crippen molar-refractivity contribution in [1.82, 2.24) is 9.47 Å². The summed E-state index contributed by atoms with van der Waals surface area (Å²) in [5.74, 6) is -1.19. The zero-order valence-corrected chi connectivity index (χ0v) is 24.6. The molecule has 2 heterocycles. The molecule has 0 fully saturated rings. The molecule has 0 bridgehead atoms. The highest BCUT2D eigenvalue weighted by atomic mass is 35.5. The maximum absolute atomic E-state index is 13.7. The molecule has 0 spiro atoms. The summed E-state index contributed by atoms with van der Waals surface area (Å²) in [7, 11) is -0.0144. The van der Waals surface area contributed by atoms with Crippen molar-refractivity contribution in [1.29, 1.82) is 0 Å². The lowest BCUT2D eigenvalue weighted by molar-refractivity contribution is -0.160. The van der Waals surface area contributed by atoms with Crippen molar-refractivity contribution in [3.8, 4) is 11.1 Å². The molecular formula is C28H36ClN3O5S. The molecule has 1 atom stereocenters. The predicted octanol–water partition coefficient (Wildman–Crippen LogP) is 5.23. The Labute approximate surface area is 229 Å². The monoisotopic (exact) mass is 561 g/mol. The van der Waals surface area contributed by atoms with Gasteiger partial charge in [-0.2, -0.15) is 0 Å². The smallest absolute Gasteiger partial charge is 0.337 e. The predicted molar refractivity (Wildman–Crippen MR) is 153 cm³/mol. The van der Waals surface area contributed by atoms with Crippen LogP contribution in [-0.2, 0) is 26.1 Å². The van der Waals surface area contributed by atoms with Gasteiger partial charge >= 0.3 is 5.97 Å². The quantitative estimate of drug-likeness (QED) is 0.405. The molecule has 0 unspecified atom stereocenters. The number of hydrogen-bond acceptors (Lipinski definition) is 5. The number of aromatic nitrogens is 1. The lowest BCUT2D eigenvalue weighted by Crippen LogP contribution is -2.41. The van der Waals surface area contributed by atoms with Gasteiger partial charge in [0.1, 0.15) is 0 Å². The molecule has 0 aliphatic carbocycles. The Hall–Kier alpha value is -2.59. The molecule has 10 heteroatoms. The van der Waals surface area contributed by atoms with Gasteiger partial charge < -0.3 is 19.3 Å².